The van der Waals surface area contributed by atoms with Gasteiger partial charge in [0.25, 0.3) is 5.56 Å². The molecule has 0 radical (unpaired) electrons. The minimum absolute atomic E-state index is 0.00416. The molecule has 1 heterocycles. The van der Waals surface area contributed by atoms with Crippen molar-refractivity contribution in [3.63, 3.8) is 0 Å². The summed E-state index contributed by atoms with van der Waals surface area (Å²) in [5, 5.41) is 8.99. The van der Waals surface area contributed by atoms with Gasteiger partial charge in [-0.25, -0.2) is 4.79 Å². The quantitative estimate of drug-likeness (QED) is 0.761. The highest BCUT2D eigenvalue weighted by molar-refractivity contribution is 5.88. The fourth-order valence-electron chi connectivity index (χ4n) is 2.60. The zero-order chi connectivity index (χ0) is 13.8. The van der Waals surface area contributed by atoms with Gasteiger partial charge in [0.2, 0.25) is 0 Å². The Morgan fingerprint density at radius 2 is 2.32 bits per heavy atom. The number of ether oxygens (including phenoxy) is 1. The SMILES string of the molecule is COC(=O)c1cccn(C2CCC[C@@H](C#N)C2)c1=O. The summed E-state index contributed by atoms with van der Waals surface area (Å²) in [5.74, 6) is -0.626. The first-order valence-corrected chi connectivity index (χ1v) is 6.36. The van der Waals surface area contributed by atoms with Gasteiger partial charge in [-0.1, -0.05) is 6.42 Å². The van der Waals surface area contributed by atoms with E-state index in [1.54, 1.807) is 16.8 Å². The van der Waals surface area contributed by atoms with E-state index in [9.17, 15) is 9.59 Å². The van der Waals surface area contributed by atoms with Crippen molar-refractivity contribution in [2.24, 2.45) is 5.92 Å². The van der Waals surface area contributed by atoms with E-state index in [4.69, 9.17) is 5.26 Å². The Hall–Kier alpha value is -2.09. The Morgan fingerprint density at radius 1 is 1.53 bits per heavy atom. The van der Waals surface area contributed by atoms with Crippen LogP contribution in [0, 0.1) is 17.2 Å². The number of pyridine rings is 1. The first-order chi connectivity index (χ1) is 9.17. The Kier molecular flexibility index (Phi) is 4.00. The summed E-state index contributed by atoms with van der Waals surface area (Å²) in [6, 6.07) is 5.40. The Bertz CT molecular complexity index is 571. The molecule has 5 nitrogen and oxygen atoms in total. The molecule has 0 N–H and O–H groups in total. The lowest BCUT2D eigenvalue weighted by molar-refractivity contribution is 0.0597. The Morgan fingerprint density at radius 3 is 3.00 bits per heavy atom. The topological polar surface area (TPSA) is 72.1 Å². The van der Waals surface area contributed by atoms with Gasteiger partial charge in [0.15, 0.2) is 0 Å². The van der Waals surface area contributed by atoms with Gasteiger partial charge in [0, 0.05) is 18.2 Å². The maximum Gasteiger partial charge on any atom is 0.343 e. The second-order valence-corrected chi connectivity index (χ2v) is 4.77. The highest BCUT2D eigenvalue weighted by Gasteiger charge is 2.24. The van der Waals surface area contributed by atoms with Crippen molar-refractivity contribution in [1.82, 2.24) is 4.57 Å². The van der Waals surface area contributed by atoms with Crippen LogP contribution in [-0.2, 0) is 4.74 Å². The van der Waals surface area contributed by atoms with Gasteiger partial charge in [-0.05, 0) is 31.4 Å². The standard InChI is InChI=1S/C14H16N2O3/c1-19-14(18)12-6-3-7-16(13(12)17)11-5-2-4-10(8-11)9-15/h3,6-7,10-11H,2,4-5,8H2,1H3/t10-,11?/m1/s1. The van der Waals surface area contributed by atoms with E-state index in [1.165, 1.54) is 13.2 Å². The van der Waals surface area contributed by atoms with Crippen LogP contribution in [0.25, 0.3) is 0 Å². The lowest BCUT2D eigenvalue weighted by Gasteiger charge is -2.27. The van der Waals surface area contributed by atoms with E-state index in [0.29, 0.717) is 6.42 Å². The van der Waals surface area contributed by atoms with Gasteiger partial charge >= 0.3 is 5.97 Å². The smallest absolute Gasteiger partial charge is 0.343 e. The third kappa shape index (κ3) is 2.68. The number of hydrogen-bond donors (Lipinski definition) is 0. The van der Waals surface area contributed by atoms with Crippen molar-refractivity contribution in [2.75, 3.05) is 7.11 Å². The molecule has 1 fully saturated rings. The molecule has 19 heavy (non-hydrogen) atoms. The Balaban J connectivity index is 2.33. The van der Waals surface area contributed by atoms with Gasteiger partial charge in [-0.2, -0.15) is 5.26 Å². The van der Waals surface area contributed by atoms with E-state index < -0.39 is 5.97 Å². The highest BCUT2D eigenvalue weighted by atomic mass is 16.5. The van der Waals surface area contributed by atoms with Crippen LogP contribution in [0.15, 0.2) is 23.1 Å². The van der Waals surface area contributed by atoms with E-state index in [-0.39, 0.29) is 23.1 Å². The molecule has 100 valence electrons. The molecular weight excluding hydrogens is 244 g/mol. The maximum absolute atomic E-state index is 12.2. The number of carbonyl (C=O) groups excluding carboxylic acids is 1. The molecule has 0 bridgehead atoms. The van der Waals surface area contributed by atoms with Crippen molar-refractivity contribution < 1.29 is 9.53 Å². The number of hydrogen-bond acceptors (Lipinski definition) is 4. The van der Waals surface area contributed by atoms with Crippen LogP contribution in [0.2, 0.25) is 0 Å². The van der Waals surface area contributed by atoms with Gasteiger partial charge in [0.05, 0.1) is 13.2 Å². The number of aromatic nitrogens is 1. The average molecular weight is 260 g/mol. The molecule has 1 aromatic heterocycles. The lowest BCUT2D eigenvalue weighted by atomic mass is 9.86. The van der Waals surface area contributed by atoms with Crippen LogP contribution in [0.5, 0.6) is 0 Å². The number of nitriles is 1. The highest BCUT2D eigenvalue weighted by Crippen LogP contribution is 2.31. The van der Waals surface area contributed by atoms with Crippen molar-refractivity contribution in [2.45, 2.75) is 31.7 Å². The molecule has 2 atom stereocenters. The van der Waals surface area contributed by atoms with Crippen LogP contribution in [0.1, 0.15) is 42.1 Å². The van der Waals surface area contributed by atoms with E-state index in [1.807, 2.05) is 0 Å². The summed E-state index contributed by atoms with van der Waals surface area (Å²) in [6.45, 7) is 0. The molecule has 2 rings (SSSR count). The molecule has 5 heteroatoms. The minimum atomic E-state index is -0.619. The average Bonchev–Trinajstić information content (AvgIpc) is 2.46. The van der Waals surface area contributed by atoms with Crippen molar-refractivity contribution in [3.8, 4) is 6.07 Å². The van der Waals surface area contributed by atoms with Crippen LogP contribution in [0.3, 0.4) is 0 Å². The van der Waals surface area contributed by atoms with Gasteiger partial charge < -0.3 is 9.30 Å². The molecule has 1 saturated carbocycles. The van der Waals surface area contributed by atoms with Gasteiger partial charge in [-0.3, -0.25) is 4.79 Å². The predicted octanol–water partition coefficient (Wildman–Crippen LogP) is 1.89. The van der Waals surface area contributed by atoms with E-state index >= 15 is 0 Å². The number of rotatable bonds is 2. The molecule has 1 aliphatic carbocycles. The molecule has 0 aliphatic heterocycles. The fourth-order valence-corrected chi connectivity index (χ4v) is 2.60. The first kappa shape index (κ1) is 13.3. The van der Waals surface area contributed by atoms with Crippen molar-refractivity contribution in [3.05, 3.63) is 34.2 Å². The molecule has 1 aliphatic rings. The maximum atomic E-state index is 12.2. The molecule has 0 amide bonds. The van der Waals surface area contributed by atoms with Crippen LogP contribution >= 0.6 is 0 Å². The zero-order valence-corrected chi connectivity index (χ0v) is 10.8. The van der Waals surface area contributed by atoms with Crippen LogP contribution in [-0.4, -0.2) is 17.6 Å². The van der Waals surface area contributed by atoms with Crippen LogP contribution in [0.4, 0.5) is 0 Å². The number of methoxy groups -OCH3 is 1. The summed E-state index contributed by atoms with van der Waals surface area (Å²) < 4.78 is 6.16. The predicted molar refractivity (Wildman–Crippen MR) is 68.6 cm³/mol. The Labute approximate surface area is 111 Å². The zero-order valence-electron chi connectivity index (χ0n) is 10.8. The number of carbonyl (C=O) groups is 1. The second kappa shape index (κ2) is 5.70. The lowest BCUT2D eigenvalue weighted by Crippen LogP contribution is -2.31. The summed E-state index contributed by atoms with van der Waals surface area (Å²) in [4.78, 5) is 23.7. The summed E-state index contributed by atoms with van der Waals surface area (Å²) in [5.41, 5.74) is -0.290. The molecule has 1 unspecified atom stereocenters. The third-order valence-electron chi connectivity index (χ3n) is 3.60. The van der Waals surface area contributed by atoms with Crippen molar-refractivity contribution in [1.29, 1.82) is 5.26 Å². The molecule has 0 spiro atoms. The monoisotopic (exact) mass is 260 g/mol. The number of nitrogens with zero attached hydrogens (tertiary/aromatic N) is 2. The molecular formula is C14H16N2O3. The van der Waals surface area contributed by atoms with Gasteiger partial charge in [-0.15, -0.1) is 0 Å². The molecule has 0 aromatic carbocycles. The van der Waals surface area contributed by atoms with Gasteiger partial charge in [0.1, 0.15) is 5.56 Å². The summed E-state index contributed by atoms with van der Waals surface area (Å²) in [7, 11) is 1.26. The summed E-state index contributed by atoms with van der Waals surface area (Å²) in [6.07, 6.45) is 5.03. The largest absolute Gasteiger partial charge is 0.465 e. The van der Waals surface area contributed by atoms with E-state index in [2.05, 4.69) is 10.8 Å². The van der Waals surface area contributed by atoms with E-state index in [0.717, 1.165) is 19.3 Å². The number of esters is 1. The third-order valence-corrected chi connectivity index (χ3v) is 3.60. The first-order valence-electron chi connectivity index (χ1n) is 6.36. The molecule has 0 saturated heterocycles. The minimum Gasteiger partial charge on any atom is -0.465 e. The normalized spacial score (nSPS) is 22.5. The summed E-state index contributed by atoms with van der Waals surface area (Å²) >= 11 is 0. The fraction of sp³-hybridized carbons (Fsp3) is 0.500. The van der Waals surface area contributed by atoms with Crippen molar-refractivity contribution >= 4 is 5.97 Å². The second-order valence-electron chi connectivity index (χ2n) is 4.77. The molecule has 1 aromatic rings. The van der Waals surface area contributed by atoms with Crippen LogP contribution < -0.4 is 5.56 Å².